The van der Waals surface area contributed by atoms with Crippen LogP contribution in [0.1, 0.15) is 6.92 Å². The molecule has 0 amide bonds. The number of allylic oxidation sites excluding steroid dienone is 3. The van der Waals surface area contributed by atoms with Crippen LogP contribution < -0.4 is 29.6 Å². The fourth-order valence-electron chi connectivity index (χ4n) is 1.88. The molecule has 0 atom stereocenters. The van der Waals surface area contributed by atoms with Crippen LogP contribution in [0.2, 0.25) is 0 Å². The average Bonchev–Trinajstić information content (AvgIpc) is 2.52. The molecule has 1 aromatic carbocycles. The number of nitrogens with zero attached hydrogens (tertiary/aromatic N) is 3. The van der Waals surface area contributed by atoms with Crippen molar-refractivity contribution in [2.75, 3.05) is 0 Å². The molecule has 1 aromatic rings. The van der Waals surface area contributed by atoms with Crippen molar-refractivity contribution in [3.05, 3.63) is 71.4 Å². The van der Waals surface area contributed by atoms with Crippen molar-refractivity contribution in [3.8, 4) is 12.1 Å². The van der Waals surface area contributed by atoms with E-state index >= 15 is 0 Å². The summed E-state index contributed by atoms with van der Waals surface area (Å²) < 4.78 is 24.6. The molecule has 23 heavy (non-hydrogen) atoms. The quantitative estimate of drug-likeness (QED) is 0.558. The summed E-state index contributed by atoms with van der Waals surface area (Å²) in [4.78, 5) is 1.58. The Hall–Kier alpha value is -1.96. The minimum atomic E-state index is -3.55. The molecule has 1 aliphatic heterocycles. The predicted octanol–water partition coefficient (Wildman–Crippen LogP) is -0.340. The summed E-state index contributed by atoms with van der Waals surface area (Å²) in [6.07, 6.45) is 4.60. The maximum absolute atomic E-state index is 12.3. The number of sulfone groups is 1. The van der Waals surface area contributed by atoms with Crippen molar-refractivity contribution in [3.63, 3.8) is 0 Å². The van der Waals surface area contributed by atoms with Crippen LogP contribution in [0.4, 0.5) is 0 Å². The third-order valence-corrected chi connectivity index (χ3v) is 4.52. The van der Waals surface area contributed by atoms with Gasteiger partial charge in [-0.05, 0) is 48.7 Å². The first-order valence-corrected chi connectivity index (χ1v) is 7.87. The van der Waals surface area contributed by atoms with Crippen LogP contribution in [0.5, 0.6) is 0 Å². The standard InChI is InChI=1S/C16H12N3O2S.Na/c1-13-11-19(15(9-17)10-18)8-7-14(13)12-22(20,21)16-5-3-2-4-6-16;/h2-8,11-12H,1H3;/q-1;+1/b14-12+;. The van der Waals surface area contributed by atoms with Gasteiger partial charge < -0.3 is 4.90 Å². The first-order valence-electron chi connectivity index (χ1n) is 6.32. The van der Waals surface area contributed by atoms with Gasteiger partial charge in [0.1, 0.15) is 0 Å². The zero-order valence-corrected chi connectivity index (χ0v) is 15.6. The summed E-state index contributed by atoms with van der Waals surface area (Å²) in [6, 6.07) is 11.6. The van der Waals surface area contributed by atoms with Crippen LogP contribution in [-0.2, 0) is 9.84 Å². The number of hydrogen-bond acceptors (Lipinski definition) is 5. The van der Waals surface area contributed by atoms with Gasteiger partial charge in [-0.2, -0.15) is 0 Å². The Kier molecular flexibility index (Phi) is 6.68. The second-order valence-corrected chi connectivity index (χ2v) is 6.34. The minimum absolute atomic E-state index is 0. The van der Waals surface area contributed by atoms with E-state index in [2.05, 4.69) is 0 Å². The van der Waals surface area contributed by atoms with E-state index in [-0.39, 0.29) is 40.5 Å². The largest absolute Gasteiger partial charge is 1.00 e. The van der Waals surface area contributed by atoms with Crippen molar-refractivity contribution in [2.45, 2.75) is 11.8 Å². The van der Waals surface area contributed by atoms with Crippen molar-refractivity contribution >= 4 is 9.84 Å². The maximum atomic E-state index is 12.3. The van der Waals surface area contributed by atoms with Crippen LogP contribution in [0.3, 0.4) is 0 Å². The Bertz CT molecular complexity index is 830. The molecule has 0 aromatic heterocycles. The topological polar surface area (TPSA) is 85.0 Å². The molecule has 0 bridgehead atoms. The molecule has 1 aliphatic rings. The third kappa shape index (κ3) is 4.51. The molecular formula is C16H12N3NaO2S. The summed E-state index contributed by atoms with van der Waals surface area (Å²) in [7, 11) is -3.55. The van der Waals surface area contributed by atoms with Crippen molar-refractivity contribution in [2.24, 2.45) is 0 Å². The SMILES string of the molecule is CC1=CN([C-](C#N)C#N)C=C/C1=C\S(=O)(=O)c1ccccc1.[Na+]. The van der Waals surface area contributed by atoms with Gasteiger partial charge in [0, 0.05) is 5.41 Å². The van der Waals surface area contributed by atoms with E-state index in [1.54, 1.807) is 49.5 Å². The summed E-state index contributed by atoms with van der Waals surface area (Å²) in [6.45, 7) is 1.72. The van der Waals surface area contributed by atoms with Gasteiger partial charge in [0.2, 0.25) is 0 Å². The molecule has 0 saturated carbocycles. The zero-order valence-electron chi connectivity index (χ0n) is 12.8. The molecule has 1 heterocycles. The van der Waals surface area contributed by atoms with Gasteiger partial charge in [-0.1, -0.05) is 36.4 Å². The van der Waals surface area contributed by atoms with E-state index in [0.717, 1.165) is 0 Å². The first kappa shape index (κ1) is 19.1. The Labute approximate surface area is 158 Å². The van der Waals surface area contributed by atoms with E-state index in [1.165, 1.54) is 28.6 Å². The van der Waals surface area contributed by atoms with Crippen molar-refractivity contribution < 1.29 is 38.0 Å². The van der Waals surface area contributed by atoms with Gasteiger partial charge in [-0.3, -0.25) is 0 Å². The molecule has 7 heteroatoms. The number of hydrogen-bond donors (Lipinski definition) is 0. The zero-order chi connectivity index (χ0) is 16.2. The fourth-order valence-corrected chi connectivity index (χ4v) is 3.15. The Morgan fingerprint density at radius 3 is 2.30 bits per heavy atom. The van der Waals surface area contributed by atoms with Crippen LogP contribution in [0, 0.1) is 28.7 Å². The molecule has 0 aliphatic carbocycles. The molecule has 0 spiro atoms. The summed E-state index contributed by atoms with van der Waals surface area (Å²) in [5.41, 5.74) is 1.15. The van der Waals surface area contributed by atoms with Crippen LogP contribution in [-0.4, -0.2) is 13.3 Å². The Morgan fingerprint density at radius 2 is 1.78 bits per heavy atom. The normalized spacial score (nSPS) is 15.2. The van der Waals surface area contributed by atoms with E-state index in [4.69, 9.17) is 10.5 Å². The van der Waals surface area contributed by atoms with Crippen molar-refractivity contribution in [1.29, 1.82) is 10.5 Å². The van der Waals surface area contributed by atoms with E-state index in [0.29, 0.717) is 11.1 Å². The average molecular weight is 333 g/mol. The first-order chi connectivity index (χ1) is 10.5. The predicted molar refractivity (Wildman–Crippen MR) is 80.9 cm³/mol. The molecule has 2 rings (SSSR count). The smallest absolute Gasteiger partial charge is 0.461 e. The van der Waals surface area contributed by atoms with Gasteiger partial charge in [0.25, 0.3) is 0 Å². The summed E-state index contributed by atoms with van der Waals surface area (Å²) in [5, 5.41) is 18.9. The van der Waals surface area contributed by atoms with E-state index in [1.807, 2.05) is 0 Å². The number of nitriles is 2. The fraction of sp³-hybridized carbons (Fsp3) is 0.0625. The van der Waals surface area contributed by atoms with Crippen LogP contribution in [0.15, 0.2) is 70.3 Å². The van der Waals surface area contributed by atoms with Crippen LogP contribution >= 0.6 is 0 Å². The maximum Gasteiger partial charge on any atom is 1.00 e. The summed E-state index contributed by atoms with van der Waals surface area (Å²) >= 11 is 0. The summed E-state index contributed by atoms with van der Waals surface area (Å²) in [5.74, 6) is 0. The molecule has 5 nitrogen and oxygen atoms in total. The minimum Gasteiger partial charge on any atom is -0.461 e. The third-order valence-electron chi connectivity index (χ3n) is 3.03. The second-order valence-electron chi connectivity index (χ2n) is 4.54. The van der Waals surface area contributed by atoms with Gasteiger partial charge in [0.15, 0.2) is 9.84 Å². The van der Waals surface area contributed by atoms with E-state index in [9.17, 15) is 8.42 Å². The van der Waals surface area contributed by atoms with E-state index < -0.39 is 9.84 Å². The Morgan fingerprint density at radius 1 is 1.17 bits per heavy atom. The molecule has 110 valence electrons. The van der Waals surface area contributed by atoms with Gasteiger partial charge in [0.05, 0.1) is 4.90 Å². The molecule has 0 N–H and O–H groups in total. The van der Waals surface area contributed by atoms with Gasteiger partial charge in [-0.25, -0.2) is 18.9 Å². The molecule has 0 unspecified atom stereocenters. The van der Waals surface area contributed by atoms with Gasteiger partial charge >= 0.3 is 29.6 Å². The number of rotatable bonds is 3. The number of benzene rings is 1. The molecule has 0 fully saturated rings. The second kappa shape index (κ2) is 8.05. The van der Waals surface area contributed by atoms with Crippen molar-refractivity contribution in [1.82, 2.24) is 4.90 Å². The molecular weight excluding hydrogens is 321 g/mol. The monoisotopic (exact) mass is 333 g/mol. The van der Waals surface area contributed by atoms with Crippen LogP contribution in [0.25, 0.3) is 0 Å². The Balaban J connectivity index is 0.00000264. The molecule has 0 radical (unpaired) electrons. The molecule has 0 saturated heterocycles. The van der Waals surface area contributed by atoms with Gasteiger partial charge in [-0.15, -0.1) is 0 Å².